The summed E-state index contributed by atoms with van der Waals surface area (Å²) in [5.41, 5.74) is 9.79. The van der Waals surface area contributed by atoms with E-state index in [1.165, 1.54) is 21.2 Å². The number of nitrogens with zero attached hydrogens (tertiary/aromatic N) is 2. The maximum absolute atomic E-state index is 5.37. The van der Waals surface area contributed by atoms with Crippen molar-refractivity contribution in [3.05, 3.63) is 155 Å². The Balaban J connectivity index is 1.65. The van der Waals surface area contributed by atoms with Crippen molar-refractivity contribution in [1.82, 2.24) is 4.98 Å². The summed E-state index contributed by atoms with van der Waals surface area (Å²) >= 11 is 3.48. The van der Waals surface area contributed by atoms with Gasteiger partial charge in [-0.1, -0.05) is 103 Å². The molecule has 0 aliphatic heterocycles. The summed E-state index contributed by atoms with van der Waals surface area (Å²) in [5, 5.41) is 7.81. The molecule has 0 unspecified atom stereocenters. The van der Waals surface area contributed by atoms with Crippen LogP contribution in [0.2, 0.25) is 0 Å². The second kappa shape index (κ2) is 10.5. The number of para-hydroxylation sites is 2. The molecule has 4 heteroatoms. The lowest BCUT2D eigenvalue weighted by atomic mass is 9.85. The van der Waals surface area contributed by atoms with E-state index < -0.39 is 0 Å². The molecule has 8 aromatic rings. The second-order valence-electron chi connectivity index (χ2n) is 10.1. The van der Waals surface area contributed by atoms with Crippen LogP contribution in [0, 0.1) is 0 Å². The third kappa shape index (κ3) is 4.16. The number of rotatable bonds is 5. The van der Waals surface area contributed by atoms with Crippen molar-refractivity contribution in [2.24, 2.45) is 4.99 Å². The van der Waals surface area contributed by atoms with Gasteiger partial charge in [-0.3, -0.25) is 0 Å². The predicted octanol–water partition coefficient (Wildman–Crippen LogP) is 11.2. The van der Waals surface area contributed by atoms with Crippen molar-refractivity contribution in [2.45, 2.75) is 0 Å². The van der Waals surface area contributed by atoms with Crippen LogP contribution in [0.5, 0.6) is 0 Å². The van der Waals surface area contributed by atoms with Crippen molar-refractivity contribution in [2.75, 3.05) is 0 Å². The molecular weight excluding hydrogens is 549 g/mol. The number of thiophene rings is 2. The summed E-state index contributed by atoms with van der Waals surface area (Å²) in [6.45, 7) is 0. The smallest absolute Gasteiger partial charge is 0.0900 e. The molecule has 0 saturated heterocycles. The van der Waals surface area contributed by atoms with E-state index in [4.69, 9.17) is 9.98 Å². The van der Waals surface area contributed by atoms with Gasteiger partial charge in [0.15, 0.2) is 0 Å². The standard InChI is InChI=1S/C38H24N2S2/c1-4-13-25(14-5-1)32-28-19-10-11-20-30(28)40-37-35(32)33(26-15-6-2-7-16-26)34(29-22-24-42-38(29)37)36(31-21-12-23-41-31)39-27-17-8-3-9-18-27/h1-24H. The van der Waals surface area contributed by atoms with Crippen LogP contribution < -0.4 is 0 Å². The SMILES string of the molecule is c1ccc(N=C(c2cccs2)c2c(-c3ccccc3)c3c(-c4ccccc4)c4ccccc4nc3c3sccc23)cc1. The fraction of sp³-hybridized carbons (Fsp3) is 0. The number of fused-ring (bicyclic) bond motifs is 4. The van der Waals surface area contributed by atoms with E-state index >= 15 is 0 Å². The third-order valence-electron chi connectivity index (χ3n) is 7.66. The molecule has 3 heterocycles. The molecule has 3 aromatic heterocycles. The van der Waals surface area contributed by atoms with E-state index in [0.29, 0.717) is 0 Å². The van der Waals surface area contributed by atoms with Crippen molar-refractivity contribution < 1.29 is 0 Å². The molecule has 42 heavy (non-hydrogen) atoms. The molecule has 0 bridgehead atoms. The average Bonchev–Trinajstić information content (AvgIpc) is 3.77. The Hall–Kier alpha value is -4.90. The van der Waals surface area contributed by atoms with Gasteiger partial charge in [0.1, 0.15) is 0 Å². The van der Waals surface area contributed by atoms with E-state index in [-0.39, 0.29) is 0 Å². The molecule has 0 atom stereocenters. The lowest BCUT2D eigenvalue weighted by Crippen LogP contribution is -2.06. The lowest BCUT2D eigenvalue weighted by Gasteiger charge is -2.21. The zero-order valence-electron chi connectivity index (χ0n) is 22.6. The van der Waals surface area contributed by atoms with Gasteiger partial charge < -0.3 is 0 Å². The van der Waals surface area contributed by atoms with Gasteiger partial charge >= 0.3 is 0 Å². The average molecular weight is 573 g/mol. The number of hydrogen-bond donors (Lipinski definition) is 0. The van der Waals surface area contributed by atoms with Crippen LogP contribution in [0.4, 0.5) is 5.69 Å². The third-order valence-corrected chi connectivity index (χ3v) is 9.45. The molecule has 5 aromatic carbocycles. The Morgan fingerprint density at radius 1 is 0.548 bits per heavy atom. The molecule has 0 fully saturated rings. The molecule has 0 saturated carbocycles. The van der Waals surface area contributed by atoms with Crippen LogP contribution in [-0.4, -0.2) is 10.7 Å². The van der Waals surface area contributed by atoms with Crippen molar-refractivity contribution in [3.63, 3.8) is 0 Å². The molecule has 0 amide bonds. The van der Waals surface area contributed by atoms with Gasteiger partial charge in [0.05, 0.1) is 32.0 Å². The highest BCUT2D eigenvalue weighted by molar-refractivity contribution is 7.18. The number of benzene rings is 5. The summed E-state index contributed by atoms with van der Waals surface area (Å²) in [5.74, 6) is 0. The summed E-state index contributed by atoms with van der Waals surface area (Å²) in [6, 6.07) is 46.9. The zero-order valence-corrected chi connectivity index (χ0v) is 24.2. The minimum absolute atomic E-state index is 0.934. The highest BCUT2D eigenvalue weighted by Gasteiger charge is 2.26. The van der Waals surface area contributed by atoms with E-state index in [1.54, 1.807) is 22.7 Å². The van der Waals surface area contributed by atoms with Crippen LogP contribution in [0.15, 0.2) is 149 Å². The van der Waals surface area contributed by atoms with E-state index in [2.05, 4.69) is 126 Å². The Labute approximate surface area is 251 Å². The Morgan fingerprint density at radius 3 is 1.93 bits per heavy atom. The Bertz CT molecular complexity index is 2210. The van der Waals surface area contributed by atoms with E-state index in [9.17, 15) is 0 Å². The summed E-state index contributed by atoms with van der Waals surface area (Å²) in [7, 11) is 0. The fourth-order valence-corrected chi connectivity index (χ4v) is 7.51. The minimum atomic E-state index is 0.934. The highest BCUT2D eigenvalue weighted by Crippen LogP contribution is 2.47. The van der Waals surface area contributed by atoms with E-state index in [1.807, 2.05) is 18.2 Å². The van der Waals surface area contributed by atoms with Gasteiger partial charge in [-0.25, -0.2) is 9.98 Å². The largest absolute Gasteiger partial charge is 0.247 e. The molecule has 0 spiro atoms. The Kier molecular flexibility index (Phi) is 6.21. The first-order valence-corrected chi connectivity index (χ1v) is 15.7. The van der Waals surface area contributed by atoms with Gasteiger partial charge in [-0.05, 0) is 52.2 Å². The molecule has 198 valence electrons. The molecular formula is C38H24N2S2. The Morgan fingerprint density at radius 2 is 1.21 bits per heavy atom. The van der Waals surface area contributed by atoms with Crippen molar-refractivity contribution >= 4 is 66.0 Å². The topological polar surface area (TPSA) is 25.2 Å². The quantitative estimate of drug-likeness (QED) is 0.149. The number of hydrogen-bond acceptors (Lipinski definition) is 4. The fourth-order valence-electron chi connectivity index (χ4n) is 5.89. The number of aromatic nitrogens is 1. The molecule has 0 aliphatic rings. The summed E-state index contributed by atoms with van der Waals surface area (Å²) in [4.78, 5) is 11.9. The highest BCUT2D eigenvalue weighted by atomic mass is 32.1. The lowest BCUT2D eigenvalue weighted by molar-refractivity contribution is 1.49. The van der Waals surface area contributed by atoms with Gasteiger partial charge in [0.2, 0.25) is 0 Å². The maximum Gasteiger partial charge on any atom is 0.0900 e. The zero-order chi connectivity index (χ0) is 27.9. The van der Waals surface area contributed by atoms with Crippen LogP contribution in [-0.2, 0) is 0 Å². The van der Waals surface area contributed by atoms with Crippen molar-refractivity contribution in [3.8, 4) is 22.3 Å². The van der Waals surface area contributed by atoms with Crippen LogP contribution in [0.1, 0.15) is 10.4 Å². The second-order valence-corrected chi connectivity index (χ2v) is 12.0. The molecule has 8 rings (SSSR count). The maximum atomic E-state index is 5.37. The van der Waals surface area contributed by atoms with Gasteiger partial charge in [0.25, 0.3) is 0 Å². The minimum Gasteiger partial charge on any atom is -0.247 e. The van der Waals surface area contributed by atoms with Crippen LogP contribution in [0.25, 0.3) is 54.1 Å². The molecule has 0 aliphatic carbocycles. The van der Waals surface area contributed by atoms with Crippen LogP contribution >= 0.6 is 22.7 Å². The summed E-state index contributed by atoms with van der Waals surface area (Å²) < 4.78 is 1.18. The summed E-state index contributed by atoms with van der Waals surface area (Å²) in [6.07, 6.45) is 0. The van der Waals surface area contributed by atoms with Gasteiger partial charge in [-0.15, -0.1) is 22.7 Å². The van der Waals surface area contributed by atoms with Gasteiger partial charge in [-0.2, -0.15) is 0 Å². The molecule has 2 nitrogen and oxygen atoms in total. The molecule has 0 N–H and O–H groups in total. The van der Waals surface area contributed by atoms with Gasteiger partial charge in [0, 0.05) is 32.8 Å². The number of aliphatic imine (C=N–C) groups is 1. The first-order valence-electron chi connectivity index (χ1n) is 13.9. The number of pyridine rings is 1. The molecule has 0 radical (unpaired) electrons. The normalized spacial score (nSPS) is 12.0. The predicted molar refractivity (Wildman–Crippen MR) is 182 cm³/mol. The van der Waals surface area contributed by atoms with E-state index in [0.717, 1.165) is 54.8 Å². The van der Waals surface area contributed by atoms with Crippen LogP contribution in [0.3, 0.4) is 0 Å². The first-order chi connectivity index (χ1) is 20.9. The van der Waals surface area contributed by atoms with Crippen molar-refractivity contribution in [1.29, 1.82) is 0 Å². The monoisotopic (exact) mass is 572 g/mol. The first kappa shape index (κ1) is 24.9.